The van der Waals surface area contributed by atoms with Gasteiger partial charge in [-0.1, -0.05) is 23.7 Å². The van der Waals surface area contributed by atoms with Gasteiger partial charge in [0.2, 0.25) is 0 Å². The number of benzene rings is 2. The van der Waals surface area contributed by atoms with Gasteiger partial charge in [-0.2, -0.15) is 0 Å². The van der Waals surface area contributed by atoms with E-state index in [0.717, 1.165) is 58.0 Å². The second-order valence-electron chi connectivity index (χ2n) is 8.65. The quantitative estimate of drug-likeness (QED) is 0.325. The fourth-order valence-electron chi connectivity index (χ4n) is 4.83. The van der Waals surface area contributed by atoms with Gasteiger partial charge in [-0.05, 0) is 86.4 Å². The van der Waals surface area contributed by atoms with Crippen LogP contribution in [0.2, 0.25) is 5.02 Å². The normalized spacial score (nSPS) is 19.7. The molecular formula is C26H25ClFN3S. The molecule has 0 amide bonds. The maximum absolute atomic E-state index is 13.8. The maximum atomic E-state index is 13.8. The number of anilines is 1. The molecule has 0 bridgehead atoms. The van der Waals surface area contributed by atoms with Gasteiger partial charge in [-0.15, -0.1) is 11.3 Å². The molecular weight excluding hydrogens is 441 g/mol. The van der Waals surface area contributed by atoms with Crippen LogP contribution < -0.4 is 5.32 Å². The molecule has 2 aromatic carbocycles. The SMILES string of the molecule is C[C@@H](Nc1nc(-c2ccc(Cl)cc2)cs1)C1CCC(c2ccnc3ccc(F)cc23)CC1. The fourth-order valence-corrected chi connectivity index (χ4v) is 5.77. The summed E-state index contributed by atoms with van der Waals surface area (Å²) in [7, 11) is 0. The molecule has 0 radical (unpaired) electrons. The summed E-state index contributed by atoms with van der Waals surface area (Å²) in [5.74, 6) is 0.862. The Morgan fingerprint density at radius 3 is 2.62 bits per heavy atom. The Morgan fingerprint density at radius 1 is 1.06 bits per heavy atom. The number of halogens is 2. The lowest BCUT2D eigenvalue weighted by Gasteiger charge is -2.33. The third kappa shape index (κ3) is 4.50. The lowest BCUT2D eigenvalue weighted by atomic mass is 9.75. The van der Waals surface area contributed by atoms with Crippen LogP contribution in [-0.4, -0.2) is 16.0 Å². The number of rotatable bonds is 5. The summed E-state index contributed by atoms with van der Waals surface area (Å²) in [5.41, 5.74) is 4.16. The Balaban J connectivity index is 1.22. The van der Waals surface area contributed by atoms with E-state index in [9.17, 15) is 4.39 Å². The van der Waals surface area contributed by atoms with Gasteiger partial charge < -0.3 is 5.32 Å². The molecule has 5 rings (SSSR count). The number of pyridine rings is 1. The van der Waals surface area contributed by atoms with Crippen molar-refractivity contribution in [1.29, 1.82) is 0 Å². The summed E-state index contributed by atoms with van der Waals surface area (Å²) >= 11 is 7.64. The second-order valence-corrected chi connectivity index (χ2v) is 9.95. The van der Waals surface area contributed by atoms with Crippen LogP contribution in [0.3, 0.4) is 0 Å². The number of fused-ring (bicyclic) bond motifs is 1. The molecule has 2 heterocycles. The van der Waals surface area contributed by atoms with Crippen molar-refractivity contribution in [3.8, 4) is 11.3 Å². The average molecular weight is 466 g/mol. The summed E-state index contributed by atoms with van der Waals surface area (Å²) in [5, 5.41) is 8.36. The first-order valence-electron chi connectivity index (χ1n) is 11.1. The minimum atomic E-state index is -0.195. The van der Waals surface area contributed by atoms with E-state index >= 15 is 0 Å². The highest BCUT2D eigenvalue weighted by Crippen LogP contribution is 2.40. The zero-order valence-electron chi connectivity index (χ0n) is 17.9. The van der Waals surface area contributed by atoms with E-state index in [1.165, 1.54) is 11.6 Å². The molecule has 2 aromatic heterocycles. The third-order valence-corrected chi connectivity index (χ3v) is 7.68. The van der Waals surface area contributed by atoms with Crippen LogP contribution in [0.4, 0.5) is 9.52 Å². The summed E-state index contributed by atoms with van der Waals surface area (Å²) in [6.07, 6.45) is 6.37. The van der Waals surface area contributed by atoms with E-state index in [4.69, 9.17) is 16.6 Å². The van der Waals surface area contributed by atoms with Crippen molar-refractivity contribution in [2.45, 2.75) is 44.6 Å². The predicted octanol–water partition coefficient (Wildman–Crippen LogP) is 7.93. The average Bonchev–Trinajstić information content (AvgIpc) is 3.27. The van der Waals surface area contributed by atoms with E-state index in [2.05, 4.69) is 28.7 Å². The Bertz CT molecular complexity index is 1220. The van der Waals surface area contributed by atoms with E-state index < -0.39 is 0 Å². The van der Waals surface area contributed by atoms with E-state index in [0.29, 0.717) is 17.9 Å². The minimum absolute atomic E-state index is 0.195. The highest BCUT2D eigenvalue weighted by atomic mass is 35.5. The first-order valence-corrected chi connectivity index (χ1v) is 12.3. The smallest absolute Gasteiger partial charge is 0.183 e. The van der Waals surface area contributed by atoms with Crippen LogP contribution >= 0.6 is 22.9 Å². The second kappa shape index (κ2) is 9.16. The number of nitrogens with zero attached hydrogens (tertiary/aromatic N) is 2. The monoisotopic (exact) mass is 465 g/mol. The molecule has 1 saturated carbocycles. The number of hydrogen-bond acceptors (Lipinski definition) is 4. The first-order chi connectivity index (χ1) is 15.6. The van der Waals surface area contributed by atoms with Crippen molar-refractivity contribution in [2.75, 3.05) is 5.32 Å². The Morgan fingerprint density at radius 2 is 1.84 bits per heavy atom. The van der Waals surface area contributed by atoms with Crippen molar-refractivity contribution in [1.82, 2.24) is 9.97 Å². The molecule has 1 aliphatic carbocycles. The van der Waals surface area contributed by atoms with Gasteiger partial charge in [0.05, 0.1) is 11.2 Å². The molecule has 32 heavy (non-hydrogen) atoms. The van der Waals surface area contributed by atoms with Crippen LogP contribution in [0.1, 0.15) is 44.1 Å². The molecule has 0 spiro atoms. The summed E-state index contributed by atoms with van der Waals surface area (Å²) in [6, 6.07) is 15.1. The van der Waals surface area contributed by atoms with Gasteiger partial charge in [0.1, 0.15) is 5.82 Å². The molecule has 4 aromatic rings. The van der Waals surface area contributed by atoms with Crippen LogP contribution in [0.5, 0.6) is 0 Å². The lowest BCUT2D eigenvalue weighted by molar-refractivity contribution is 0.302. The van der Waals surface area contributed by atoms with Crippen LogP contribution in [0.15, 0.2) is 60.1 Å². The van der Waals surface area contributed by atoms with Crippen LogP contribution in [0, 0.1) is 11.7 Å². The van der Waals surface area contributed by atoms with Gasteiger partial charge in [0, 0.05) is 33.6 Å². The standard InChI is InChI=1S/C26H25ClFN3S/c1-16(30-26-31-25(15-32-26)19-6-8-20(27)9-7-19)17-2-4-18(5-3-17)22-12-13-29-24-11-10-21(28)14-23(22)24/h6-18H,2-5H2,1H3,(H,30,31)/t16-,17?,18?/m1/s1. The topological polar surface area (TPSA) is 37.8 Å². The highest BCUT2D eigenvalue weighted by Gasteiger charge is 2.27. The van der Waals surface area contributed by atoms with Crippen molar-refractivity contribution in [3.63, 3.8) is 0 Å². The molecule has 6 heteroatoms. The zero-order valence-corrected chi connectivity index (χ0v) is 19.5. The van der Waals surface area contributed by atoms with Gasteiger partial charge in [-0.3, -0.25) is 4.98 Å². The maximum Gasteiger partial charge on any atom is 0.183 e. The third-order valence-electron chi connectivity index (χ3n) is 6.65. The molecule has 1 atom stereocenters. The van der Waals surface area contributed by atoms with Crippen LogP contribution in [-0.2, 0) is 0 Å². The van der Waals surface area contributed by atoms with Gasteiger partial charge >= 0.3 is 0 Å². The molecule has 164 valence electrons. The summed E-state index contributed by atoms with van der Waals surface area (Å²) in [6.45, 7) is 2.26. The largest absolute Gasteiger partial charge is 0.359 e. The zero-order chi connectivity index (χ0) is 22.1. The molecule has 0 saturated heterocycles. The number of nitrogens with one attached hydrogen (secondary N) is 1. The Kier molecular flexibility index (Phi) is 6.11. The highest BCUT2D eigenvalue weighted by molar-refractivity contribution is 7.14. The van der Waals surface area contributed by atoms with Crippen LogP contribution in [0.25, 0.3) is 22.2 Å². The molecule has 0 aliphatic heterocycles. The molecule has 0 unspecified atom stereocenters. The van der Waals surface area contributed by atoms with E-state index in [-0.39, 0.29) is 5.82 Å². The van der Waals surface area contributed by atoms with Crippen molar-refractivity contribution >= 4 is 39.0 Å². The Labute approximate surface area is 196 Å². The summed E-state index contributed by atoms with van der Waals surface area (Å²) in [4.78, 5) is 9.18. The number of thiazole rings is 1. The molecule has 1 fully saturated rings. The van der Waals surface area contributed by atoms with Gasteiger partial charge in [0.15, 0.2) is 5.13 Å². The Hall–Kier alpha value is -2.50. The number of aromatic nitrogens is 2. The van der Waals surface area contributed by atoms with Crippen molar-refractivity contribution in [2.24, 2.45) is 5.92 Å². The fraction of sp³-hybridized carbons (Fsp3) is 0.308. The van der Waals surface area contributed by atoms with E-state index in [1.54, 1.807) is 23.5 Å². The summed E-state index contributed by atoms with van der Waals surface area (Å²) < 4.78 is 13.8. The first kappa shape index (κ1) is 21.4. The molecule has 1 N–H and O–H groups in total. The number of hydrogen-bond donors (Lipinski definition) is 1. The lowest BCUT2D eigenvalue weighted by Crippen LogP contribution is -2.29. The van der Waals surface area contributed by atoms with Gasteiger partial charge in [0.25, 0.3) is 0 Å². The molecule has 1 aliphatic rings. The minimum Gasteiger partial charge on any atom is -0.359 e. The van der Waals surface area contributed by atoms with Crippen molar-refractivity contribution < 1.29 is 4.39 Å². The van der Waals surface area contributed by atoms with E-state index in [1.807, 2.05) is 30.5 Å². The van der Waals surface area contributed by atoms with Gasteiger partial charge in [-0.25, -0.2) is 9.37 Å². The molecule has 3 nitrogen and oxygen atoms in total. The predicted molar refractivity (Wildman–Crippen MR) is 132 cm³/mol. The van der Waals surface area contributed by atoms with Crippen molar-refractivity contribution in [3.05, 3.63) is 76.5 Å².